The molecule has 0 radical (unpaired) electrons. The summed E-state index contributed by atoms with van der Waals surface area (Å²) < 4.78 is 0. The van der Waals surface area contributed by atoms with Crippen LogP contribution in [0.25, 0.3) is 0 Å². The summed E-state index contributed by atoms with van der Waals surface area (Å²) in [6, 6.07) is 8.46. The minimum absolute atomic E-state index is 0.234. The molecule has 0 N–H and O–H groups in total. The summed E-state index contributed by atoms with van der Waals surface area (Å²) in [6.07, 6.45) is 6.62. The van der Waals surface area contributed by atoms with Crippen molar-refractivity contribution in [3.8, 4) is 0 Å². The molecule has 0 spiro atoms. The van der Waals surface area contributed by atoms with E-state index in [1.165, 1.54) is 22.3 Å². The van der Waals surface area contributed by atoms with Crippen LogP contribution < -0.4 is 0 Å². The predicted octanol–water partition coefficient (Wildman–Crippen LogP) is 5.75. The van der Waals surface area contributed by atoms with E-state index in [0.29, 0.717) is 6.42 Å². The van der Waals surface area contributed by atoms with E-state index in [-0.39, 0.29) is 11.7 Å². The third-order valence-corrected chi connectivity index (χ3v) is 3.65. The van der Waals surface area contributed by atoms with Gasteiger partial charge in [-0.1, -0.05) is 54.0 Å². The van der Waals surface area contributed by atoms with Crippen LogP contribution in [0.1, 0.15) is 64.0 Å². The number of carbonyl (C=O) groups is 1. The number of ketones is 1. The van der Waals surface area contributed by atoms with E-state index in [2.05, 4.69) is 58.0 Å². The smallest absolute Gasteiger partial charge is 0.156 e. The van der Waals surface area contributed by atoms with Crippen LogP contribution in [0.3, 0.4) is 0 Å². The molecule has 0 aromatic heterocycles. The van der Waals surface area contributed by atoms with Gasteiger partial charge in [-0.2, -0.15) is 0 Å². The van der Waals surface area contributed by atoms with Crippen LogP contribution in [0.15, 0.2) is 47.6 Å². The number of benzene rings is 1. The van der Waals surface area contributed by atoms with Gasteiger partial charge in [0.2, 0.25) is 0 Å². The Balaban J connectivity index is 2.52. The van der Waals surface area contributed by atoms with Crippen LogP contribution in [-0.4, -0.2) is 5.78 Å². The molecule has 21 heavy (non-hydrogen) atoms. The third-order valence-electron chi connectivity index (χ3n) is 3.65. The maximum absolute atomic E-state index is 12.1. The molecule has 1 aromatic rings. The Labute approximate surface area is 129 Å². The quantitative estimate of drug-likeness (QED) is 0.460. The average molecular weight is 284 g/mol. The fourth-order valence-electron chi connectivity index (χ4n) is 2.31. The molecule has 1 aromatic carbocycles. The second-order valence-electron chi connectivity index (χ2n) is 6.29. The number of hydrogen-bond donors (Lipinski definition) is 0. The highest BCUT2D eigenvalue weighted by molar-refractivity contribution is 5.90. The van der Waals surface area contributed by atoms with Gasteiger partial charge in [0, 0.05) is 6.42 Å². The number of carbonyl (C=O) groups excluding carboxylic acids is 1. The lowest BCUT2D eigenvalue weighted by atomic mass is 9.94. The SMILES string of the molecule is CC(C)=CCC/C(C)=C/C(=O)CC(C)c1ccc(C)cc1. The van der Waals surface area contributed by atoms with Crippen LogP contribution in [-0.2, 0) is 4.79 Å². The Bertz CT molecular complexity index is 513. The lowest BCUT2D eigenvalue weighted by molar-refractivity contribution is -0.114. The summed E-state index contributed by atoms with van der Waals surface area (Å²) in [4.78, 5) is 12.1. The molecule has 0 fully saturated rings. The Kier molecular flexibility index (Phi) is 7.14. The molecule has 0 saturated carbocycles. The van der Waals surface area contributed by atoms with Gasteiger partial charge in [-0.25, -0.2) is 0 Å². The zero-order valence-electron chi connectivity index (χ0n) is 14.1. The molecule has 0 aliphatic heterocycles. The highest BCUT2D eigenvalue weighted by atomic mass is 16.1. The number of hydrogen-bond acceptors (Lipinski definition) is 1. The molecule has 1 rings (SSSR count). The highest BCUT2D eigenvalue weighted by Gasteiger charge is 2.09. The van der Waals surface area contributed by atoms with Gasteiger partial charge in [0.15, 0.2) is 5.78 Å². The van der Waals surface area contributed by atoms with Gasteiger partial charge in [0.05, 0.1) is 0 Å². The van der Waals surface area contributed by atoms with Gasteiger partial charge in [0.25, 0.3) is 0 Å². The van der Waals surface area contributed by atoms with Crippen LogP contribution in [0.5, 0.6) is 0 Å². The predicted molar refractivity (Wildman–Crippen MR) is 91.6 cm³/mol. The molecular formula is C20H28O. The van der Waals surface area contributed by atoms with Crippen molar-refractivity contribution in [1.29, 1.82) is 0 Å². The average Bonchev–Trinajstić information content (AvgIpc) is 2.38. The van der Waals surface area contributed by atoms with Crippen molar-refractivity contribution in [2.45, 2.75) is 59.8 Å². The molecule has 1 heteroatoms. The molecule has 0 aliphatic rings. The highest BCUT2D eigenvalue weighted by Crippen LogP contribution is 2.20. The van der Waals surface area contributed by atoms with Gasteiger partial charge in [0.1, 0.15) is 0 Å². The summed E-state index contributed by atoms with van der Waals surface area (Å²) >= 11 is 0. The van der Waals surface area contributed by atoms with Crippen molar-refractivity contribution >= 4 is 5.78 Å². The topological polar surface area (TPSA) is 17.1 Å². The van der Waals surface area contributed by atoms with E-state index in [1.54, 1.807) is 0 Å². The van der Waals surface area contributed by atoms with Gasteiger partial charge >= 0.3 is 0 Å². The molecule has 1 unspecified atom stereocenters. The zero-order valence-corrected chi connectivity index (χ0v) is 14.1. The van der Waals surface area contributed by atoms with Crippen LogP contribution in [0, 0.1) is 6.92 Å². The molecule has 0 saturated heterocycles. The Morgan fingerprint density at radius 3 is 2.33 bits per heavy atom. The van der Waals surface area contributed by atoms with Crippen molar-refractivity contribution in [3.05, 3.63) is 58.7 Å². The van der Waals surface area contributed by atoms with Crippen LogP contribution in [0.4, 0.5) is 0 Å². The maximum Gasteiger partial charge on any atom is 0.156 e. The number of rotatable bonds is 7. The molecule has 0 aliphatic carbocycles. The molecule has 0 bridgehead atoms. The van der Waals surface area contributed by atoms with E-state index in [1.807, 2.05) is 13.0 Å². The van der Waals surface area contributed by atoms with E-state index < -0.39 is 0 Å². The van der Waals surface area contributed by atoms with E-state index in [0.717, 1.165) is 12.8 Å². The van der Waals surface area contributed by atoms with E-state index in [9.17, 15) is 4.79 Å². The summed E-state index contributed by atoms with van der Waals surface area (Å²) in [7, 11) is 0. The third kappa shape index (κ3) is 7.08. The maximum atomic E-state index is 12.1. The van der Waals surface area contributed by atoms with E-state index >= 15 is 0 Å². The second-order valence-corrected chi connectivity index (χ2v) is 6.29. The van der Waals surface area contributed by atoms with Gasteiger partial charge < -0.3 is 0 Å². The van der Waals surface area contributed by atoms with Crippen LogP contribution >= 0.6 is 0 Å². The van der Waals surface area contributed by atoms with Crippen molar-refractivity contribution in [1.82, 2.24) is 0 Å². The first kappa shape index (κ1) is 17.4. The van der Waals surface area contributed by atoms with Crippen molar-refractivity contribution in [3.63, 3.8) is 0 Å². The normalized spacial score (nSPS) is 12.9. The minimum atomic E-state index is 0.234. The lowest BCUT2D eigenvalue weighted by Crippen LogP contribution is -2.02. The molecule has 1 atom stereocenters. The first-order valence-electron chi connectivity index (χ1n) is 7.78. The van der Waals surface area contributed by atoms with Crippen LogP contribution in [0.2, 0.25) is 0 Å². The van der Waals surface area contributed by atoms with Gasteiger partial charge in [-0.05, 0) is 58.1 Å². The molecule has 1 nitrogen and oxygen atoms in total. The standard InChI is InChI=1S/C20H28O/c1-15(2)7-6-8-17(4)13-20(21)14-18(5)19-11-9-16(3)10-12-19/h7,9-13,18H,6,8,14H2,1-5H3/b17-13+. The molecule has 114 valence electrons. The summed E-state index contributed by atoms with van der Waals surface area (Å²) in [5.74, 6) is 0.512. The Morgan fingerprint density at radius 1 is 1.14 bits per heavy atom. The van der Waals surface area contributed by atoms with Crippen molar-refractivity contribution in [2.75, 3.05) is 0 Å². The molecule has 0 heterocycles. The summed E-state index contributed by atoms with van der Waals surface area (Å²) in [5, 5.41) is 0. The molecular weight excluding hydrogens is 256 g/mol. The Hall–Kier alpha value is -1.63. The molecule has 0 amide bonds. The first-order chi connectivity index (χ1) is 9.88. The summed E-state index contributed by atoms with van der Waals surface area (Å²) in [6.45, 7) is 10.5. The number of aryl methyl sites for hydroxylation is 1. The summed E-state index contributed by atoms with van der Waals surface area (Å²) in [5.41, 5.74) is 5.01. The van der Waals surface area contributed by atoms with Crippen molar-refractivity contribution in [2.24, 2.45) is 0 Å². The monoisotopic (exact) mass is 284 g/mol. The van der Waals surface area contributed by atoms with E-state index in [4.69, 9.17) is 0 Å². The second kappa shape index (κ2) is 8.61. The number of allylic oxidation sites excluding steroid dienone is 4. The zero-order chi connectivity index (χ0) is 15.8. The lowest BCUT2D eigenvalue weighted by Gasteiger charge is -2.10. The fraction of sp³-hybridized carbons (Fsp3) is 0.450. The first-order valence-corrected chi connectivity index (χ1v) is 7.78. The van der Waals surface area contributed by atoms with Crippen molar-refractivity contribution < 1.29 is 4.79 Å². The minimum Gasteiger partial charge on any atom is -0.295 e. The Morgan fingerprint density at radius 2 is 1.76 bits per heavy atom. The van der Waals surface area contributed by atoms with Gasteiger partial charge in [-0.3, -0.25) is 4.79 Å². The fourth-order valence-corrected chi connectivity index (χ4v) is 2.31. The van der Waals surface area contributed by atoms with Gasteiger partial charge in [-0.15, -0.1) is 0 Å². The largest absolute Gasteiger partial charge is 0.295 e.